The first kappa shape index (κ1) is 35.6. The van der Waals surface area contributed by atoms with Crippen LogP contribution in [0.5, 0.6) is 11.5 Å². The molecule has 0 saturated heterocycles. The van der Waals surface area contributed by atoms with Crippen molar-refractivity contribution in [2.75, 3.05) is 26.6 Å². The van der Waals surface area contributed by atoms with Crippen molar-refractivity contribution < 1.29 is 26.5 Å². The van der Waals surface area contributed by atoms with Gasteiger partial charge in [0.05, 0.1) is 36.8 Å². The van der Waals surface area contributed by atoms with Crippen molar-refractivity contribution in [3.63, 3.8) is 0 Å². The molecule has 3 N–H and O–H groups in total. The third-order valence-electron chi connectivity index (χ3n) is 7.83. The van der Waals surface area contributed by atoms with Crippen molar-refractivity contribution >= 4 is 33.5 Å². The summed E-state index contributed by atoms with van der Waals surface area (Å²) in [7, 11) is 7.02. The normalized spacial score (nSPS) is 11.5. The smallest absolute Gasteiger partial charge is 0.553 e. The Bertz CT molecular complexity index is 2050. The van der Waals surface area contributed by atoms with Gasteiger partial charge < -0.3 is 35.1 Å². The van der Waals surface area contributed by atoms with Crippen LogP contribution in [-0.4, -0.2) is 50.6 Å². The zero-order chi connectivity index (χ0) is 33.3. The summed E-state index contributed by atoms with van der Waals surface area (Å²) in [5.74, 6) is 2.40. The average Bonchev–Trinajstić information content (AvgIpc) is 3.72. The van der Waals surface area contributed by atoms with Crippen LogP contribution in [0.15, 0.2) is 91.2 Å². The Labute approximate surface area is 292 Å². The van der Waals surface area contributed by atoms with Crippen LogP contribution < -0.4 is 20.5 Å². The molecule has 4 heterocycles. The molecule has 6 rings (SSSR count). The number of benzene rings is 2. The summed E-state index contributed by atoms with van der Waals surface area (Å²) in [6.07, 6.45) is 15.0. The van der Waals surface area contributed by atoms with Gasteiger partial charge in [-0.3, -0.25) is 4.68 Å². The second kappa shape index (κ2) is 16.5. The summed E-state index contributed by atoms with van der Waals surface area (Å²) in [5, 5.41) is 9.65. The van der Waals surface area contributed by atoms with E-state index in [4.69, 9.17) is 15.2 Å². The van der Waals surface area contributed by atoms with Crippen LogP contribution in [0.4, 0.5) is 5.82 Å². The van der Waals surface area contributed by atoms with E-state index in [0.717, 1.165) is 86.6 Å². The minimum Gasteiger partial charge on any atom is -0.553 e. The van der Waals surface area contributed by atoms with Crippen molar-refractivity contribution in [1.29, 1.82) is 0 Å². The predicted molar refractivity (Wildman–Crippen MR) is 189 cm³/mol. The summed E-state index contributed by atoms with van der Waals surface area (Å²) in [6, 6.07) is 18.0. The van der Waals surface area contributed by atoms with Crippen molar-refractivity contribution in [3.8, 4) is 22.8 Å². The first-order valence-electron chi connectivity index (χ1n) is 15.3. The second-order valence-electron chi connectivity index (χ2n) is 10.9. The number of nitrogens with zero attached hydrogens (tertiary/aromatic N) is 6. The van der Waals surface area contributed by atoms with E-state index in [2.05, 4.69) is 86.5 Å². The van der Waals surface area contributed by atoms with Gasteiger partial charge in [-0.2, -0.15) is 23.7 Å². The summed E-state index contributed by atoms with van der Waals surface area (Å²) in [6.45, 7) is 5.92. The fourth-order valence-corrected chi connectivity index (χ4v) is 5.24. The van der Waals surface area contributed by atoms with Crippen molar-refractivity contribution in [1.82, 2.24) is 29.3 Å². The fraction of sp³-hybridized carbons (Fsp3) is 0.216. The van der Waals surface area contributed by atoms with Gasteiger partial charge in [-0.05, 0) is 85.4 Å². The minimum absolute atomic E-state index is 0. The van der Waals surface area contributed by atoms with E-state index in [9.17, 15) is 0 Å². The van der Waals surface area contributed by atoms with E-state index in [1.807, 2.05) is 50.6 Å². The van der Waals surface area contributed by atoms with Crippen LogP contribution in [0.3, 0.4) is 0 Å². The van der Waals surface area contributed by atoms with E-state index in [-0.39, 0.29) is 17.1 Å². The molecule has 247 valence electrons. The Balaban J connectivity index is 0.000000370. The molecule has 0 amide bonds. The third-order valence-corrected chi connectivity index (χ3v) is 7.83. The number of nitrogens with one attached hydrogen (secondary N) is 1. The Morgan fingerprint density at radius 2 is 1.90 bits per heavy atom. The first-order chi connectivity index (χ1) is 22.9. The number of aromatic nitrogens is 6. The average molecular weight is 684 g/mol. The molecule has 0 spiro atoms. The molecule has 6 aromatic rings. The topological polar surface area (TPSA) is 118 Å². The molecule has 0 aliphatic rings. The molecule has 4 aromatic heterocycles. The van der Waals surface area contributed by atoms with Gasteiger partial charge in [-0.1, -0.05) is 36.1 Å². The quantitative estimate of drug-likeness (QED) is 0.0917. The van der Waals surface area contributed by atoms with E-state index >= 15 is 0 Å². The number of ether oxygens (including phenoxy) is 2. The molecule has 0 atom stereocenters. The number of hydrogen-bond donors (Lipinski definition) is 2. The van der Waals surface area contributed by atoms with Gasteiger partial charge in [0.25, 0.3) is 0 Å². The summed E-state index contributed by atoms with van der Waals surface area (Å²) in [4.78, 5) is 13.4. The summed E-state index contributed by atoms with van der Waals surface area (Å²) in [5.41, 5.74) is 13.9. The van der Waals surface area contributed by atoms with Crippen LogP contribution in [0.2, 0.25) is 0 Å². The third kappa shape index (κ3) is 8.17. The minimum atomic E-state index is 0. The number of nitrogens with two attached hydrogens (primary N) is 1. The number of anilines is 1. The van der Waals surface area contributed by atoms with Crippen molar-refractivity contribution in [2.45, 2.75) is 26.2 Å². The van der Waals surface area contributed by atoms with Gasteiger partial charge >= 0.3 is 17.1 Å². The van der Waals surface area contributed by atoms with Crippen molar-refractivity contribution in [3.05, 3.63) is 115 Å². The fourth-order valence-electron chi connectivity index (χ4n) is 5.24. The molecule has 10 nitrogen and oxygen atoms in total. The van der Waals surface area contributed by atoms with Crippen LogP contribution >= 0.6 is 0 Å². The van der Waals surface area contributed by atoms with Gasteiger partial charge in [0.1, 0.15) is 5.82 Å². The molecule has 2 aromatic carbocycles. The number of allylic oxidation sites excluding steroid dienone is 3. The van der Waals surface area contributed by atoms with Gasteiger partial charge in [0.2, 0.25) is 0 Å². The first-order valence-corrected chi connectivity index (χ1v) is 15.3. The van der Waals surface area contributed by atoms with Gasteiger partial charge in [0.15, 0.2) is 0 Å². The van der Waals surface area contributed by atoms with Crippen LogP contribution in [0.25, 0.3) is 38.9 Å². The molecule has 0 fully saturated rings. The largest absolute Gasteiger partial charge is 2.00 e. The SMILES string of the molecule is CC/C(=C\C(=C/N)CCc1ccc2ccc(NC)nc2c1)n1cc(-c2ccn(C)n2)c2[c-]ncnc21.[CH2-]c1ccc(OC)cc1OC.[Mn+2]. The molecule has 0 aliphatic heterocycles. The Hall–Kier alpha value is -5.25. The number of hydrogen-bond acceptors (Lipinski definition) is 8. The maximum atomic E-state index is 6.08. The number of pyridine rings is 1. The molecule has 0 aliphatic carbocycles. The van der Waals surface area contributed by atoms with Crippen LogP contribution in [0.1, 0.15) is 30.9 Å². The van der Waals surface area contributed by atoms with Crippen molar-refractivity contribution in [2.24, 2.45) is 12.8 Å². The maximum absolute atomic E-state index is 6.08. The standard InChI is InChI=1S/C28H29N8.C9H11O2.Mn/c1-4-22(36-17-24(25-11-12-35(3)34-25)23-16-31-18-32-28(23)36)13-20(15-29)6-5-19-7-8-21-9-10-27(30-2)33-26(21)14-19;1-7-4-5-8(10-2)6-9(7)11-3;/h7-15,17-18H,4-6,29H2,1-3H3,(H,30,33);4-6H,1H2,2-3H3;/q2*-1;+2/b20-15-,22-13+;;. The molecule has 48 heavy (non-hydrogen) atoms. The zero-order valence-electron chi connectivity index (χ0n) is 27.9. The Morgan fingerprint density at radius 1 is 1.08 bits per heavy atom. The number of fused-ring (bicyclic) bond motifs is 2. The van der Waals surface area contributed by atoms with Crippen LogP contribution in [0, 0.1) is 13.1 Å². The number of rotatable bonds is 10. The Morgan fingerprint density at radius 3 is 2.58 bits per heavy atom. The molecular weight excluding hydrogens is 643 g/mol. The second-order valence-corrected chi connectivity index (χ2v) is 10.9. The van der Waals surface area contributed by atoms with E-state index in [0.29, 0.717) is 0 Å². The number of methoxy groups -OCH3 is 2. The van der Waals surface area contributed by atoms with E-state index < -0.39 is 0 Å². The van der Waals surface area contributed by atoms with E-state index in [1.54, 1.807) is 25.1 Å². The summed E-state index contributed by atoms with van der Waals surface area (Å²) < 4.78 is 13.9. The molecule has 1 radical (unpaired) electrons. The molecule has 0 unspecified atom stereocenters. The zero-order valence-corrected chi connectivity index (χ0v) is 29.0. The van der Waals surface area contributed by atoms with Crippen LogP contribution in [-0.2, 0) is 30.5 Å². The molecule has 11 heteroatoms. The summed E-state index contributed by atoms with van der Waals surface area (Å²) >= 11 is 0. The van der Waals surface area contributed by atoms with E-state index in [1.165, 1.54) is 11.9 Å². The van der Waals surface area contributed by atoms with Gasteiger partial charge in [-0.25, -0.2) is 4.98 Å². The monoisotopic (exact) mass is 683 g/mol. The number of aryl methyl sites for hydroxylation is 2. The predicted octanol–water partition coefficient (Wildman–Crippen LogP) is 6.83. The van der Waals surface area contributed by atoms with Gasteiger partial charge in [-0.15, -0.1) is 0 Å². The molecule has 0 bridgehead atoms. The Kier molecular flexibility index (Phi) is 12.3. The maximum Gasteiger partial charge on any atom is 2.00 e. The molecular formula is C37H40MnN8O2. The van der Waals surface area contributed by atoms with Gasteiger partial charge in [0, 0.05) is 43.5 Å². The molecule has 0 saturated carbocycles.